The number of primary amides is 1. The van der Waals surface area contributed by atoms with Gasteiger partial charge in [-0.3, -0.25) is 4.79 Å². The first-order chi connectivity index (χ1) is 7.92. The Morgan fingerprint density at radius 3 is 2.88 bits per heavy atom. The normalized spacial score (nSPS) is 24.0. The molecule has 0 radical (unpaired) electrons. The van der Waals surface area contributed by atoms with E-state index in [0.717, 1.165) is 6.54 Å². The van der Waals surface area contributed by atoms with E-state index >= 15 is 0 Å². The molecule has 0 saturated carbocycles. The van der Waals surface area contributed by atoms with Gasteiger partial charge in [-0.15, -0.1) is 0 Å². The molecular weight excluding hydrogens is 240 g/mol. The van der Waals surface area contributed by atoms with Gasteiger partial charge >= 0.3 is 0 Å². The molecule has 6 heteroatoms. The fraction of sp³-hybridized carbons (Fsp3) is 0.455. The molecule has 5 nitrogen and oxygen atoms in total. The second-order valence-corrected chi connectivity index (χ2v) is 5.08. The highest BCUT2D eigenvalue weighted by Gasteiger charge is 2.39. The summed E-state index contributed by atoms with van der Waals surface area (Å²) in [4.78, 5) is 17.5. The third-order valence-electron chi connectivity index (χ3n) is 3.21. The Labute approximate surface area is 105 Å². The van der Waals surface area contributed by atoms with Crippen molar-refractivity contribution in [2.45, 2.75) is 13.3 Å². The molecule has 2 rings (SSSR count). The summed E-state index contributed by atoms with van der Waals surface area (Å²) in [6, 6.07) is 1.66. The summed E-state index contributed by atoms with van der Waals surface area (Å²) in [5.74, 6) is 0.373. The molecule has 4 N–H and O–H groups in total. The van der Waals surface area contributed by atoms with Gasteiger partial charge in [0.1, 0.15) is 5.82 Å². The highest BCUT2D eigenvalue weighted by atomic mass is 35.5. The van der Waals surface area contributed by atoms with E-state index in [1.165, 1.54) is 0 Å². The fourth-order valence-corrected chi connectivity index (χ4v) is 2.32. The molecule has 17 heavy (non-hydrogen) atoms. The Bertz CT molecular complexity index is 465. The first-order valence-corrected chi connectivity index (χ1v) is 5.76. The predicted molar refractivity (Wildman–Crippen MR) is 67.8 cm³/mol. The van der Waals surface area contributed by atoms with Gasteiger partial charge in [-0.1, -0.05) is 11.6 Å². The zero-order chi connectivity index (χ0) is 12.6. The number of amides is 1. The van der Waals surface area contributed by atoms with Crippen LogP contribution < -0.4 is 16.4 Å². The SMILES string of the molecule is CC1(C(N)=O)CCN(c2ncc(N)cc2Cl)C1. The van der Waals surface area contributed by atoms with E-state index < -0.39 is 5.41 Å². The quantitative estimate of drug-likeness (QED) is 0.825. The van der Waals surface area contributed by atoms with Crippen molar-refractivity contribution < 1.29 is 4.79 Å². The van der Waals surface area contributed by atoms with Crippen LogP contribution in [0.1, 0.15) is 13.3 Å². The lowest BCUT2D eigenvalue weighted by molar-refractivity contribution is -0.125. The summed E-state index contributed by atoms with van der Waals surface area (Å²) in [6.45, 7) is 3.12. The van der Waals surface area contributed by atoms with Crippen LogP contribution in [0.5, 0.6) is 0 Å². The highest BCUT2D eigenvalue weighted by Crippen LogP contribution is 2.35. The summed E-state index contributed by atoms with van der Waals surface area (Å²) >= 11 is 6.08. The smallest absolute Gasteiger partial charge is 0.225 e. The maximum atomic E-state index is 11.4. The van der Waals surface area contributed by atoms with E-state index in [4.69, 9.17) is 23.1 Å². The molecule has 0 aliphatic carbocycles. The summed E-state index contributed by atoms with van der Waals surface area (Å²) in [5.41, 5.74) is 11.0. The third-order valence-corrected chi connectivity index (χ3v) is 3.49. The maximum Gasteiger partial charge on any atom is 0.225 e. The van der Waals surface area contributed by atoms with Crippen molar-refractivity contribution in [3.63, 3.8) is 0 Å². The molecule has 1 fully saturated rings. The molecule has 92 valence electrons. The number of halogens is 1. The highest BCUT2D eigenvalue weighted by molar-refractivity contribution is 6.33. The summed E-state index contributed by atoms with van der Waals surface area (Å²) in [5, 5.41) is 0.499. The average molecular weight is 255 g/mol. The Morgan fingerprint density at radius 1 is 1.65 bits per heavy atom. The van der Waals surface area contributed by atoms with Crippen molar-refractivity contribution in [3.8, 4) is 0 Å². The van der Waals surface area contributed by atoms with Crippen molar-refractivity contribution in [3.05, 3.63) is 17.3 Å². The Balaban J connectivity index is 2.24. The number of nitrogens with two attached hydrogens (primary N) is 2. The van der Waals surface area contributed by atoms with Gasteiger partial charge in [0.15, 0.2) is 0 Å². The van der Waals surface area contributed by atoms with E-state index in [-0.39, 0.29) is 5.91 Å². The predicted octanol–water partition coefficient (Wildman–Crippen LogP) is 1.02. The Hall–Kier alpha value is -1.49. The van der Waals surface area contributed by atoms with Gasteiger partial charge in [0, 0.05) is 13.1 Å². The van der Waals surface area contributed by atoms with Gasteiger partial charge in [0.2, 0.25) is 5.91 Å². The van der Waals surface area contributed by atoms with Crippen LogP contribution in [0.3, 0.4) is 0 Å². The first kappa shape index (κ1) is 12.0. The third kappa shape index (κ3) is 2.15. The van der Waals surface area contributed by atoms with Gasteiger partial charge in [-0.25, -0.2) is 4.98 Å². The van der Waals surface area contributed by atoms with Crippen LogP contribution in [-0.4, -0.2) is 24.0 Å². The number of rotatable bonds is 2. The molecule has 0 bridgehead atoms. The lowest BCUT2D eigenvalue weighted by Crippen LogP contribution is -2.37. The summed E-state index contributed by atoms with van der Waals surface area (Å²) < 4.78 is 0. The Morgan fingerprint density at radius 2 is 2.35 bits per heavy atom. The number of anilines is 2. The van der Waals surface area contributed by atoms with Crippen LogP contribution in [0.25, 0.3) is 0 Å². The van der Waals surface area contributed by atoms with E-state index in [1.54, 1.807) is 12.3 Å². The molecule has 1 aromatic rings. The fourth-order valence-electron chi connectivity index (χ4n) is 2.02. The van der Waals surface area contributed by atoms with Crippen LogP contribution in [0, 0.1) is 5.41 Å². The minimum absolute atomic E-state index is 0.286. The standard InChI is InChI=1S/C11H15ClN4O/c1-11(10(14)17)2-3-16(6-11)9-8(12)4-7(13)5-15-9/h4-5H,2-3,6,13H2,1H3,(H2,14,17). The van der Waals surface area contributed by atoms with Crippen molar-refractivity contribution in [1.29, 1.82) is 0 Å². The molecule has 1 aliphatic heterocycles. The molecule has 1 amide bonds. The number of pyridine rings is 1. The first-order valence-electron chi connectivity index (χ1n) is 5.38. The molecule has 1 saturated heterocycles. The van der Waals surface area contributed by atoms with E-state index in [1.807, 2.05) is 11.8 Å². The second-order valence-electron chi connectivity index (χ2n) is 4.67. The largest absolute Gasteiger partial charge is 0.397 e. The number of hydrogen-bond donors (Lipinski definition) is 2. The van der Waals surface area contributed by atoms with Gasteiger partial charge in [0.25, 0.3) is 0 Å². The van der Waals surface area contributed by atoms with Gasteiger partial charge in [-0.2, -0.15) is 0 Å². The molecule has 0 spiro atoms. The van der Waals surface area contributed by atoms with Crippen molar-refractivity contribution in [1.82, 2.24) is 4.98 Å². The molecular formula is C11H15ClN4O. The van der Waals surface area contributed by atoms with Gasteiger partial charge in [0.05, 0.1) is 22.3 Å². The van der Waals surface area contributed by atoms with Crippen LogP contribution in [0.15, 0.2) is 12.3 Å². The number of nitrogens with zero attached hydrogens (tertiary/aromatic N) is 2. The summed E-state index contributed by atoms with van der Waals surface area (Å²) in [7, 11) is 0. The van der Waals surface area contributed by atoms with Crippen molar-refractivity contribution in [2.24, 2.45) is 11.1 Å². The van der Waals surface area contributed by atoms with Crippen LogP contribution in [-0.2, 0) is 4.79 Å². The van der Waals surface area contributed by atoms with Gasteiger partial charge in [-0.05, 0) is 19.4 Å². The number of hydrogen-bond acceptors (Lipinski definition) is 4. The number of aromatic nitrogens is 1. The van der Waals surface area contributed by atoms with E-state index in [9.17, 15) is 4.79 Å². The monoisotopic (exact) mass is 254 g/mol. The zero-order valence-electron chi connectivity index (χ0n) is 9.61. The zero-order valence-corrected chi connectivity index (χ0v) is 10.4. The molecule has 1 aliphatic rings. The molecule has 2 heterocycles. The van der Waals surface area contributed by atoms with Gasteiger partial charge < -0.3 is 16.4 Å². The minimum Gasteiger partial charge on any atom is -0.397 e. The van der Waals surface area contributed by atoms with Crippen molar-refractivity contribution in [2.75, 3.05) is 23.7 Å². The molecule has 0 aromatic carbocycles. The molecule has 1 atom stereocenters. The average Bonchev–Trinajstić information content (AvgIpc) is 2.62. The Kier molecular flexibility index (Phi) is 2.87. The lowest BCUT2D eigenvalue weighted by Gasteiger charge is -2.22. The topological polar surface area (TPSA) is 85.2 Å². The van der Waals surface area contributed by atoms with Crippen molar-refractivity contribution >= 4 is 29.0 Å². The van der Waals surface area contributed by atoms with Crippen LogP contribution in [0.2, 0.25) is 5.02 Å². The number of nitrogen functional groups attached to an aromatic ring is 1. The van der Waals surface area contributed by atoms with Crippen LogP contribution >= 0.6 is 11.6 Å². The van der Waals surface area contributed by atoms with E-state index in [0.29, 0.717) is 29.5 Å². The van der Waals surface area contributed by atoms with E-state index in [2.05, 4.69) is 4.98 Å². The second kappa shape index (κ2) is 4.07. The number of carbonyl (C=O) groups is 1. The minimum atomic E-state index is -0.508. The lowest BCUT2D eigenvalue weighted by atomic mass is 9.89. The molecule has 1 aromatic heterocycles. The summed E-state index contributed by atoms with van der Waals surface area (Å²) in [6.07, 6.45) is 2.27. The van der Waals surface area contributed by atoms with Crippen LogP contribution in [0.4, 0.5) is 11.5 Å². The molecule has 1 unspecified atom stereocenters. The number of carbonyl (C=O) groups excluding carboxylic acids is 1. The maximum absolute atomic E-state index is 11.4.